The fourth-order valence-electron chi connectivity index (χ4n) is 5.50. The first-order chi connectivity index (χ1) is 22.5. The van der Waals surface area contributed by atoms with E-state index in [1.807, 2.05) is 0 Å². The molecule has 1 saturated heterocycles. The maximum atomic E-state index is 14.1. The number of H-pyrrole nitrogens is 1. The van der Waals surface area contributed by atoms with Crippen molar-refractivity contribution < 1.29 is 37.1 Å². The maximum absolute atomic E-state index is 14.1. The van der Waals surface area contributed by atoms with E-state index in [4.69, 9.17) is 14.6 Å². The van der Waals surface area contributed by atoms with Crippen LogP contribution in [0.3, 0.4) is 0 Å². The van der Waals surface area contributed by atoms with Crippen molar-refractivity contribution in [1.29, 1.82) is 0 Å². The number of benzene rings is 3. The van der Waals surface area contributed by atoms with Gasteiger partial charge in [-0.15, -0.1) is 0 Å². The lowest BCUT2D eigenvalue weighted by Crippen LogP contribution is -2.32. The first kappa shape index (κ1) is 32.2. The van der Waals surface area contributed by atoms with Gasteiger partial charge in [-0.3, -0.25) is 19.2 Å². The minimum Gasteiger partial charge on any atom is -0.483 e. The molecule has 47 heavy (non-hydrogen) atoms. The number of aromatic nitrogens is 1. The van der Waals surface area contributed by atoms with Crippen molar-refractivity contribution in [1.82, 2.24) is 4.98 Å². The second kappa shape index (κ2) is 12.8. The zero-order valence-electron chi connectivity index (χ0n) is 24.5. The van der Waals surface area contributed by atoms with Gasteiger partial charge in [0.25, 0.3) is 5.91 Å². The third-order valence-electron chi connectivity index (χ3n) is 7.54. The molecule has 3 amide bonds. The summed E-state index contributed by atoms with van der Waals surface area (Å²) in [4.78, 5) is 69.3. The zero-order chi connectivity index (χ0) is 33.5. The number of aromatic amines is 1. The number of hydrogen-bond acceptors (Lipinski definition) is 11. The number of hydrogen-bond donors (Lipinski definition) is 3. The summed E-state index contributed by atoms with van der Waals surface area (Å²) in [6.07, 6.45) is 0. The Morgan fingerprint density at radius 2 is 1.68 bits per heavy atom. The van der Waals surface area contributed by atoms with E-state index in [1.54, 1.807) is 31.2 Å². The largest absolute Gasteiger partial charge is 0.483 e. The van der Waals surface area contributed by atoms with Gasteiger partial charge >= 0.3 is 10.8 Å². The van der Waals surface area contributed by atoms with E-state index in [2.05, 4.69) is 10.3 Å². The van der Waals surface area contributed by atoms with Crippen LogP contribution in [0, 0.1) is 5.92 Å². The Balaban J connectivity index is 1.27. The number of carbonyl (C=O) groups excluding carboxylic acids is 4. The number of carbonyl (C=O) groups is 4. The van der Waals surface area contributed by atoms with Crippen LogP contribution in [0.2, 0.25) is 0 Å². The van der Waals surface area contributed by atoms with Crippen LogP contribution in [0.4, 0.5) is 11.4 Å². The minimum absolute atomic E-state index is 0.108. The normalized spacial score (nSPS) is 18.8. The number of rotatable bonds is 9. The number of para-hydroxylation sites is 1. The topological polar surface area (TPSA) is 195 Å². The first-order valence-electron chi connectivity index (χ1n) is 14.2. The van der Waals surface area contributed by atoms with Gasteiger partial charge in [0.05, 0.1) is 33.7 Å². The molecular weight excluding hydrogens is 669 g/mol. The van der Waals surface area contributed by atoms with E-state index in [1.165, 1.54) is 48.5 Å². The Morgan fingerprint density at radius 3 is 2.36 bits per heavy atom. The second-order valence-corrected chi connectivity index (χ2v) is 14.2. The summed E-state index contributed by atoms with van der Waals surface area (Å²) in [5.74, 6) is -3.42. The number of nitrogens with zero attached hydrogens (tertiary/aromatic N) is 1. The van der Waals surface area contributed by atoms with E-state index in [-0.39, 0.29) is 33.4 Å². The lowest BCUT2D eigenvalue weighted by molar-refractivity contribution is -0.122. The predicted octanol–water partition coefficient (Wildman–Crippen LogP) is 3.07. The molecule has 242 valence electrons. The molecule has 4 aromatic rings. The van der Waals surface area contributed by atoms with Crippen molar-refractivity contribution >= 4 is 68.2 Å². The van der Waals surface area contributed by atoms with Crippen LogP contribution in [0.25, 0.3) is 0 Å². The lowest BCUT2D eigenvalue weighted by Gasteiger charge is -2.30. The molecule has 2 unspecified atom stereocenters. The monoisotopic (exact) mass is 694 g/mol. The number of ether oxygens (including phenoxy) is 2. The Labute approximate surface area is 276 Å². The minimum atomic E-state index is -3.89. The molecule has 3 atom stereocenters. The number of thiazole rings is 1. The highest BCUT2D eigenvalue weighted by atomic mass is 32.2. The summed E-state index contributed by atoms with van der Waals surface area (Å²) in [6.45, 7) is 1.45. The van der Waals surface area contributed by atoms with Gasteiger partial charge in [-0.05, 0) is 61.5 Å². The van der Waals surface area contributed by atoms with Crippen LogP contribution in [-0.2, 0) is 29.1 Å². The van der Waals surface area contributed by atoms with E-state index in [0.717, 1.165) is 28.0 Å². The van der Waals surface area contributed by atoms with Crippen molar-refractivity contribution in [3.05, 3.63) is 98.5 Å². The second-order valence-electron chi connectivity index (χ2n) is 10.5. The van der Waals surface area contributed by atoms with Crippen molar-refractivity contribution in [2.45, 2.75) is 28.0 Å². The molecule has 0 spiro atoms. The lowest BCUT2D eigenvalue weighted by atomic mass is 9.82. The maximum Gasteiger partial charge on any atom is 0.338 e. The van der Waals surface area contributed by atoms with E-state index in [9.17, 15) is 32.4 Å². The van der Waals surface area contributed by atoms with Crippen molar-refractivity contribution in [3.8, 4) is 5.75 Å². The highest BCUT2D eigenvalue weighted by Crippen LogP contribution is 2.54. The van der Waals surface area contributed by atoms with Crippen LogP contribution in [-0.4, -0.2) is 55.6 Å². The number of sulfonamides is 1. The molecule has 13 nitrogen and oxygen atoms in total. The molecule has 1 aromatic heterocycles. The molecule has 0 radical (unpaired) electrons. The fourth-order valence-corrected chi connectivity index (χ4v) is 8.53. The molecule has 16 heteroatoms. The molecule has 3 heterocycles. The molecule has 0 aliphatic carbocycles. The first-order valence-corrected chi connectivity index (χ1v) is 17.4. The highest BCUT2D eigenvalue weighted by Gasteiger charge is 2.56. The quantitative estimate of drug-likeness (QED) is 0.173. The van der Waals surface area contributed by atoms with Gasteiger partial charge in [-0.1, -0.05) is 41.3 Å². The number of fused-ring (bicyclic) bond motifs is 2. The van der Waals surface area contributed by atoms with Gasteiger partial charge < -0.3 is 19.8 Å². The number of thioether (sulfide) groups is 1. The fraction of sp³-hybridized carbons (Fsp3) is 0.194. The van der Waals surface area contributed by atoms with Crippen LogP contribution < -0.4 is 25.0 Å². The molecule has 2 aliphatic heterocycles. The Kier molecular flexibility index (Phi) is 8.76. The van der Waals surface area contributed by atoms with Crippen LogP contribution in [0.15, 0.2) is 87.5 Å². The molecule has 6 rings (SSSR count). The SMILES string of the molecule is CCOC(=O)c1ccc(N2C(=O)C3Sc4[nH]c(=O)sc4[C@H](c4ccccc4OCC(=O)Nc4ccc(S(N)(=O)=O)cc4)C3C2=O)cc1. The number of amides is 3. The highest BCUT2D eigenvalue weighted by molar-refractivity contribution is 8.00. The van der Waals surface area contributed by atoms with E-state index in [0.29, 0.717) is 21.2 Å². The van der Waals surface area contributed by atoms with Gasteiger partial charge in [0.15, 0.2) is 6.61 Å². The van der Waals surface area contributed by atoms with Crippen LogP contribution in [0.1, 0.15) is 33.6 Å². The summed E-state index contributed by atoms with van der Waals surface area (Å²) in [7, 11) is -3.89. The molecule has 3 aromatic carbocycles. The summed E-state index contributed by atoms with van der Waals surface area (Å²) in [5.41, 5.74) is 1.38. The molecule has 1 fully saturated rings. The smallest absolute Gasteiger partial charge is 0.338 e. The van der Waals surface area contributed by atoms with Crippen molar-refractivity contribution in [2.24, 2.45) is 11.1 Å². The Hall–Kier alpha value is -4.77. The predicted molar refractivity (Wildman–Crippen MR) is 173 cm³/mol. The standard InChI is InChI=1S/C31H26N4O9S3/c1-2-43-30(39)16-7-11-18(12-8-16)35-28(37)24-23(25-27(34-31(40)46-25)45-26(24)29(35)38)20-5-3-4-6-21(20)44-15-22(36)33-17-9-13-19(14-10-17)47(32,41)42/h3-14,23-24,26H,2,15H2,1H3,(H,33,36)(H,34,40)(H2,32,41,42)/t23-,24?,26?/m1/s1. The van der Waals surface area contributed by atoms with Gasteiger partial charge in [0.1, 0.15) is 11.0 Å². The average Bonchev–Trinajstić information content (AvgIpc) is 3.54. The van der Waals surface area contributed by atoms with Gasteiger partial charge in [-0.2, -0.15) is 0 Å². The van der Waals surface area contributed by atoms with E-state index >= 15 is 0 Å². The zero-order valence-corrected chi connectivity index (χ0v) is 26.9. The summed E-state index contributed by atoms with van der Waals surface area (Å²) in [5, 5.41) is 7.35. The third-order valence-corrected chi connectivity index (χ3v) is 10.9. The third kappa shape index (κ3) is 6.32. The molecular formula is C31H26N4O9S3. The summed E-state index contributed by atoms with van der Waals surface area (Å²) in [6, 6.07) is 18.1. The summed E-state index contributed by atoms with van der Waals surface area (Å²) >= 11 is 2.06. The number of imide groups is 1. The van der Waals surface area contributed by atoms with Crippen molar-refractivity contribution in [2.75, 3.05) is 23.4 Å². The number of primary sulfonamides is 1. The molecule has 0 saturated carbocycles. The number of esters is 1. The summed E-state index contributed by atoms with van der Waals surface area (Å²) < 4.78 is 34.0. The van der Waals surface area contributed by atoms with Gasteiger partial charge in [0, 0.05) is 22.0 Å². The van der Waals surface area contributed by atoms with E-state index < -0.39 is 57.4 Å². The van der Waals surface area contributed by atoms with Crippen LogP contribution >= 0.6 is 23.1 Å². The van der Waals surface area contributed by atoms with Crippen LogP contribution in [0.5, 0.6) is 5.75 Å². The molecule has 4 N–H and O–H groups in total. The molecule has 0 bridgehead atoms. The average molecular weight is 695 g/mol. The van der Waals surface area contributed by atoms with Crippen molar-refractivity contribution in [3.63, 3.8) is 0 Å². The van der Waals surface area contributed by atoms with Gasteiger partial charge in [-0.25, -0.2) is 23.3 Å². The Morgan fingerprint density at radius 1 is 0.979 bits per heavy atom. The molecule has 2 aliphatic rings. The van der Waals surface area contributed by atoms with Gasteiger partial charge in [0.2, 0.25) is 21.8 Å². The number of nitrogens with two attached hydrogens (primary N) is 1. The number of anilines is 2. The Bertz CT molecular complexity index is 2060. The number of nitrogens with one attached hydrogen (secondary N) is 2.